The number of methoxy groups -OCH3 is 1. The number of phenols is 1. The molecule has 3 N–H and O–H groups in total. The molecule has 0 aliphatic carbocycles. The highest BCUT2D eigenvalue weighted by atomic mass is 16.5. The zero-order chi connectivity index (χ0) is 24.3. The van der Waals surface area contributed by atoms with E-state index in [4.69, 9.17) is 9.47 Å². The molecule has 4 bridgehead atoms. The van der Waals surface area contributed by atoms with Crippen molar-refractivity contribution in [2.75, 3.05) is 12.4 Å². The van der Waals surface area contributed by atoms with Crippen LogP contribution in [0, 0.1) is 11.8 Å². The molecule has 1 aromatic carbocycles. The van der Waals surface area contributed by atoms with Gasteiger partial charge < -0.3 is 25.0 Å². The Kier molecular flexibility index (Phi) is 8.10. The maximum absolute atomic E-state index is 12.8. The fraction of sp³-hybridized carbons (Fsp3) is 0.538. The molecule has 1 aromatic rings. The molecule has 6 atom stereocenters. The van der Waals surface area contributed by atoms with Crippen LogP contribution in [0.15, 0.2) is 41.5 Å². The van der Waals surface area contributed by atoms with Crippen LogP contribution >= 0.6 is 0 Å². The number of aliphatic hydroxyl groups excluding tert-OH is 1. The van der Waals surface area contributed by atoms with E-state index in [2.05, 4.69) is 5.32 Å². The number of amides is 1. The lowest BCUT2D eigenvalue weighted by atomic mass is 9.82. The molecule has 0 spiro atoms. The Bertz CT molecular complexity index is 952. The minimum atomic E-state index is -1.13. The molecule has 0 unspecified atom stereocenters. The van der Waals surface area contributed by atoms with Crippen LogP contribution in [0.1, 0.15) is 58.6 Å². The van der Waals surface area contributed by atoms with E-state index < -0.39 is 24.2 Å². The van der Waals surface area contributed by atoms with E-state index in [0.717, 1.165) is 5.57 Å². The van der Waals surface area contributed by atoms with Gasteiger partial charge in [0.2, 0.25) is 0 Å². The molecule has 1 amide bonds. The molecule has 0 saturated carbocycles. The first-order valence-corrected chi connectivity index (χ1v) is 11.5. The number of aliphatic hydroxyl groups is 1. The number of benzene rings is 1. The van der Waals surface area contributed by atoms with E-state index in [-0.39, 0.29) is 35.9 Å². The first-order valence-electron chi connectivity index (χ1n) is 11.5. The summed E-state index contributed by atoms with van der Waals surface area (Å²) in [7, 11) is 1.63. The second-order valence-electron chi connectivity index (χ2n) is 9.35. The number of anilines is 1. The van der Waals surface area contributed by atoms with Crippen molar-refractivity contribution in [3.8, 4) is 5.75 Å². The number of hydrogen-bond acceptors (Lipinski definition) is 6. The number of carbonyl (C=O) groups is 2. The number of aromatic hydroxyl groups is 1. The third-order valence-corrected chi connectivity index (χ3v) is 6.63. The zero-order valence-corrected chi connectivity index (χ0v) is 20.0. The second-order valence-corrected chi connectivity index (χ2v) is 9.35. The van der Waals surface area contributed by atoms with Gasteiger partial charge in [-0.15, -0.1) is 0 Å². The lowest BCUT2D eigenvalue weighted by Crippen LogP contribution is -2.42. The Balaban J connectivity index is 2.15. The van der Waals surface area contributed by atoms with Crippen LogP contribution < -0.4 is 5.32 Å². The number of Topliss-reactive ketones (excluding diaryl/α,β-unsaturated/α-hetero) is 1. The third kappa shape index (κ3) is 5.91. The van der Waals surface area contributed by atoms with Crippen molar-refractivity contribution in [2.24, 2.45) is 11.8 Å². The molecule has 7 heteroatoms. The molecule has 2 aliphatic heterocycles. The number of ketones is 1. The molecule has 1 fully saturated rings. The van der Waals surface area contributed by atoms with Gasteiger partial charge >= 0.3 is 0 Å². The van der Waals surface area contributed by atoms with Gasteiger partial charge in [-0.1, -0.05) is 26.0 Å². The summed E-state index contributed by atoms with van der Waals surface area (Å²) in [5.74, 6) is -1.20. The number of ether oxygens (including phenoxy) is 2. The van der Waals surface area contributed by atoms with Crippen molar-refractivity contribution in [3.05, 3.63) is 47.1 Å². The topological polar surface area (TPSA) is 105 Å². The standard InChI is InChI=1S/C26H35NO6/c1-14-7-6-8-21(32-5)9-15(2)24-17(4)23(30)22(29)10-16(3)25(33-24)18-11-19(27-26(14)31)13-20(28)12-18/h7,9,11-13,16-17,21,23-25,28,30H,6,8,10H2,1-5H3,(H,27,31)/b14-7+,15-9+/t16-,17+,21-,23+,24+,25+/m0/s1. The average molecular weight is 458 g/mol. The van der Waals surface area contributed by atoms with E-state index in [0.29, 0.717) is 29.7 Å². The van der Waals surface area contributed by atoms with E-state index in [1.807, 2.05) is 32.9 Å². The molecule has 7 nitrogen and oxygen atoms in total. The number of fused-ring (bicyclic) bond motifs is 5. The first-order chi connectivity index (χ1) is 15.6. The third-order valence-electron chi connectivity index (χ3n) is 6.63. The Labute approximate surface area is 195 Å². The molecule has 2 heterocycles. The van der Waals surface area contributed by atoms with Crippen LogP contribution in [0.5, 0.6) is 5.75 Å². The summed E-state index contributed by atoms with van der Waals surface area (Å²) in [6.07, 6.45) is 2.88. The van der Waals surface area contributed by atoms with Crippen molar-refractivity contribution >= 4 is 17.4 Å². The van der Waals surface area contributed by atoms with Gasteiger partial charge in [0, 0.05) is 36.8 Å². The van der Waals surface area contributed by atoms with Gasteiger partial charge in [-0.3, -0.25) is 9.59 Å². The summed E-state index contributed by atoms with van der Waals surface area (Å²) in [5.41, 5.74) is 2.55. The maximum atomic E-state index is 12.8. The van der Waals surface area contributed by atoms with Crippen LogP contribution in [-0.4, -0.2) is 47.3 Å². The van der Waals surface area contributed by atoms with Crippen molar-refractivity contribution in [1.29, 1.82) is 0 Å². The Morgan fingerprint density at radius 1 is 1.12 bits per heavy atom. The summed E-state index contributed by atoms with van der Waals surface area (Å²) < 4.78 is 12.2. The van der Waals surface area contributed by atoms with Crippen molar-refractivity contribution in [1.82, 2.24) is 0 Å². The molecule has 2 aliphatic rings. The van der Waals surface area contributed by atoms with Crippen LogP contribution in [0.4, 0.5) is 5.69 Å². The van der Waals surface area contributed by atoms with Gasteiger partial charge in [-0.2, -0.15) is 0 Å². The van der Waals surface area contributed by atoms with Crippen LogP contribution in [0.2, 0.25) is 0 Å². The molecule has 33 heavy (non-hydrogen) atoms. The number of rotatable bonds is 1. The van der Waals surface area contributed by atoms with Gasteiger partial charge in [0.25, 0.3) is 5.91 Å². The second kappa shape index (κ2) is 10.6. The van der Waals surface area contributed by atoms with Gasteiger partial charge in [-0.25, -0.2) is 0 Å². The number of hydrogen-bond donors (Lipinski definition) is 3. The molecular weight excluding hydrogens is 422 g/mol. The van der Waals surface area contributed by atoms with Crippen LogP contribution in [0.25, 0.3) is 0 Å². The summed E-state index contributed by atoms with van der Waals surface area (Å²) in [6, 6.07) is 4.85. The highest BCUT2D eigenvalue weighted by molar-refractivity contribution is 6.03. The summed E-state index contributed by atoms with van der Waals surface area (Å²) in [4.78, 5) is 25.4. The summed E-state index contributed by atoms with van der Waals surface area (Å²) in [5, 5.41) is 23.9. The zero-order valence-electron chi connectivity index (χ0n) is 20.0. The minimum Gasteiger partial charge on any atom is -0.508 e. The van der Waals surface area contributed by atoms with E-state index >= 15 is 0 Å². The summed E-state index contributed by atoms with van der Waals surface area (Å²) in [6.45, 7) is 7.38. The van der Waals surface area contributed by atoms with Crippen molar-refractivity contribution < 1.29 is 29.3 Å². The molecular formula is C26H35NO6. The van der Waals surface area contributed by atoms with Crippen LogP contribution in [-0.2, 0) is 19.1 Å². The summed E-state index contributed by atoms with van der Waals surface area (Å²) >= 11 is 0. The predicted octanol–water partition coefficient (Wildman–Crippen LogP) is 4.06. The lowest BCUT2D eigenvalue weighted by Gasteiger charge is -2.38. The molecule has 0 radical (unpaired) electrons. The highest BCUT2D eigenvalue weighted by Crippen LogP contribution is 2.39. The van der Waals surface area contributed by atoms with Gasteiger partial charge in [0.05, 0.1) is 18.3 Å². The SMILES string of the molecule is CO[C@@H]1/C=C(\C)[C@H]2O[C@@H](c3cc(O)cc(c3)NC(=O)/C(C)=C/CC1)[C@@H](C)CC(=O)[C@H](O)[C@H]2C. The lowest BCUT2D eigenvalue weighted by molar-refractivity contribution is -0.144. The van der Waals surface area contributed by atoms with E-state index in [1.165, 1.54) is 6.07 Å². The monoisotopic (exact) mass is 457 g/mol. The number of nitrogens with one attached hydrogen (secondary N) is 1. The average Bonchev–Trinajstić information content (AvgIpc) is 2.76. The smallest absolute Gasteiger partial charge is 0.250 e. The molecule has 180 valence electrons. The molecule has 0 aromatic heterocycles. The maximum Gasteiger partial charge on any atom is 0.250 e. The largest absolute Gasteiger partial charge is 0.508 e. The minimum absolute atomic E-state index is 0.00530. The molecule has 3 rings (SSSR count). The van der Waals surface area contributed by atoms with Crippen LogP contribution in [0.3, 0.4) is 0 Å². The highest BCUT2D eigenvalue weighted by Gasteiger charge is 2.39. The normalized spacial score (nSPS) is 35.0. The van der Waals surface area contributed by atoms with Gasteiger partial charge in [-0.05, 0) is 55.9 Å². The van der Waals surface area contributed by atoms with E-state index in [1.54, 1.807) is 26.2 Å². The first kappa shape index (κ1) is 25.1. The van der Waals surface area contributed by atoms with Crippen molar-refractivity contribution in [2.45, 2.75) is 71.4 Å². The van der Waals surface area contributed by atoms with Gasteiger partial charge in [0.15, 0.2) is 5.78 Å². The van der Waals surface area contributed by atoms with E-state index in [9.17, 15) is 19.8 Å². The van der Waals surface area contributed by atoms with Gasteiger partial charge in [0.1, 0.15) is 11.9 Å². The Morgan fingerprint density at radius 3 is 2.55 bits per heavy atom. The predicted molar refractivity (Wildman–Crippen MR) is 126 cm³/mol. The Hall–Kier alpha value is -2.48. The number of carbonyl (C=O) groups excluding carboxylic acids is 2. The fourth-order valence-corrected chi connectivity index (χ4v) is 4.66. The quantitative estimate of drug-likeness (QED) is 0.549. The van der Waals surface area contributed by atoms with Crippen molar-refractivity contribution in [3.63, 3.8) is 0 Å². The molecule has 1 saturated heterocycles. The number of allylic oxidation sites excluding steroid dienone is 1. The Morgan fingerprint density at radius 2 is 1.85 bits per heavy atom. The fourth-order valence-electron chi connectivity index (χ4n) is 4.66. The number of phenolic OH excluding ortho intramolecular Hbond substituents is 1.